The van der Waals surface area contributed by atoms with E-state index in [0.717, 1.165) is 0 Å². The van der Waals surface area contributed by atoms with Crippen molar-refractivity contribution < 1.29 is 23.0 Å². The SMILES string of the molecule is OC1(c2cn(Cc3ccc(-c4nnc(C(F)F)o4)cn3)nn2)CCOC1. The van der Waals surface area contributed by atoms with Crippen molar-refractivity contribution in [3.8, 4) is 11.5 Å². The van der Waals surface area contributed by atoms with Gasteiger partial charge in [0.1, 0.15) is 11.3 Å². The third kappa shape index (κ3) is 3.18. The fraction of sp³-hybridized carbons (Fsp3) is 0.400. The number of alkyl halides is 2. The lowest BCUT2D eigenvalue weighted by Gasteiger charge is -2.15. The molecule has 0 bridgehead atoms. The van der Waals surface area contributed by atoms with Gasteiger partial charge in [0.05, 0.1) is 30.6 Å². The number of ether oxygens (including phenoxy) is 1. The molecule has 1 fully saturated rings. The van der Waals surface area contributed by atoms with E-state index in [4.69, 9.17) is 9.15 Å². The van der Waals surface area contributed by atoms with Gasteiger partial charge >= 0.3 is 6.43 Å². The van der Waals surface area contributed by atoms with Crippen LogP contribution in [0.5, 0.6) is 0 Å². The summed E-state index contributed by atoms with van der Waals surface area (Å²) < 4.78 is 36.6. The van der Waals surface area contributed by atoms with E-state index >= 15 is 0 Å². The number of hydrogen-bond acceptors (Lipinski definition) is 8. The van der Waals surface area contributed by atoms with Gasteiger partial charge in [-0.3, -0.25) is 4.98 Å². The van der Waals surface area contributed by atoms with Gasteiger partial charge in [0.25, 0.3) is 5.89 Å². The molecule has 4 rings (SSSR count). The van der Waals surface area contributed by atoms with Crippen molar-refractivity contribution in [2.45, 2.75) is 25.0 Å². The molecule has 0 spiro atoms. The molecule has 1 saturated heterocycles. The Balaban J connectivity index is 1.47. The maximum atomic E-state index is 12.5. The van der Waals surface area contributed by atoms with Gasteiger partial charge < -0.3 is 14.3 Å². The van der Waals surface area contributed by atoms with Gasteiger partial charge in [-0.1, -0.05) is 5.21 Å². The average molecular weight is 364 g/mol. The lowest BCUT2D eigenvalue weighted by molar-refractivity contribution is 0.0193. The molecular formula is C15H14F2N6O3. The van der Waals surface area contributed by atoms with Crippen molar-refractivity contribution in [2.24, 2.45) is 0 Å². The Morgan fingerprint density at radius 3 is 2.81 bits per heavy atom. The number of aliphatic hydroxyl groups is 1. The molecule has 0 saturated carbocycles. The molecule has 11 heteroatoms. The summed E-state index contributed by atoms with van der Waals surface area (Å²) in [6.45, 7) is 1.01. The van der Waals surface area contributed by atoms with Gasteiger partial charge in [-0.2, -0.15) is 8.78 Å². The molecule has 1 unspecified atom stereocenters. The lowest BCUT2D eigenvalue weighted by Crippen LogP contribution is -2.26. The maximum Gasteiger partial charge on any atom is 0.314 e. The highest BCUT2D eigenvalue weighted by Crippen LogP contribution is 2.28. The van der Waals surface area contributed by atoms with Gasteiger partial charge in [-0.25, -0.2) is 4.68 Å². The Labute approximate surface area is 145 Å². The normalized spacial score (nSPS) is 20.2. The molecule has 1 N–H and O–H groups in total. The van der Waals surface area contributed by atoms with E-state index in [1.54, 1.807) is 23.0 Å². The smallest absolute Gasteiger partial charge is 0.314 e. The van der Waals surface area contributed by atoms with Crippen LogP contribution >= 0.6 is 0 Å². The van der Waals surface area contributed by atoms with Crippen LogP contribution in [-0.4, -0.2) is 48.5 Å². The summed E-state index contributed by atoms with van der Waals surface area (Å²) in [6, 6.07) is 3.33. The number of hydrogen-bond donors (Lipinski definition) is 1. The monoisotopic (exact) mass is 364 g/mol. The van der Waals surface area contributed by atoms with Crippen LogP contribution in [0.3, 0.4) is 0 Å². The molecule has 4 heterocycles. The number of aromatic nitrogens is 6. The summed E-state index contributed by atoms with van der Waals surface area (Å²) in [5.74, 6) is -0.751. The van der Waals surface area contributed by atoms with Gasteiger partial charge in [-0.05, 0) is 12.1 Å². The lowest BCUT2D eigenvalue weighted by atomic mass is 10.0. The van der Waals surface area contributed by atoms with Gasteiger partial charge in [0.15, 0.2) is 0 Å². The topological polar surface area (TPSA) is 112 Å². The fourth-order valence-electron chi connectivity index (χ4n) is 2.60. The summed E-state index contributed by atoms with van der Waals surface area (Å²) in [6.07, 6.45) is 0.764. The van der Waals surface area contributed by atoms with Crippen molar-refractivity contribution >= 4 is 0 Å². The largest absolute Gasteiger partial charge is 0.415 e. The van der Waals surface area contributed by atoms with Gasteiger partial charge in [0.2, 0.25) is 5.89 Å². The molecule has 3 aromatic heterocycles. The number of halogens is 2. The van der Waals surface area contributed by atoms with Crippen LogP contribution in [0.2, 0.25) is 0 Å². The summed E-state index contributed by atoms with van der Waals surface area (Å²) >= 11 is 0. The molecule has 0 aromatic carbocycles. The molecule has 0 aliphatic carbocycles. The predicted octanol–water partition coefficient (Wildman–Crippen LogP) is 1.32. The molecule has 1 aliphatic rings. The molecule has 9 nitrogen and oxygen atoms in total. The summed E-state index contributed by atoms with van der Waals surface area (Å²) in [7, 11) is 0. The Morgan fingerprint density at radius 1 is 1.27 bits per heavy atom. The van der Waals surface area contributed by atoms with E-state index < -0.39 is 17.9 Å². The first-order valence-electron chi connectivity index (χ1n) is 7.81. The van der Waals surface area contributed by atoms with Crippen LogP contribution in [0, 0.1) is 0 Å². The highest BCUT2D eigenvalue weighted by Gasteiger charge is 2.37. The minimum Gasteiger partial charge on any atom is -0.415 e. The third-order valence-corrected chi connectivity index (χ3v) is 4.04. The third-order valence-electron chi connectivity index (χ3n) is 4.04. The summed E-state index contributed by atoms with van der Waals surface area (Å²) in [4.78, 5) is 4.24. The van der Waals surface area contributed by atoms with Crippen molar-refractivity contribution in [1.82, 2.24) is 30.2 Å². The predicted molar refractivity (Wildman–Crippen MR) is 80.9 cm³/mol. The molecule has 26 heavy (non-hydrogen) atoms. The van der Waals surface area contributed by atoms with E-state index in [9.17, 15) is 13.9 Å². The quantitative estimate of drug-likeness (QED) is 0.721. The van der Waals surface area contributed by atoms with Gasteiger partial charge in [0, 0.05) is 19.2 Å². The first-order chi connectivity index (χ1) is 12.5. The minimum absolute atomic E-state index is 0.0224. The highest BCUT2D eigenvalue weighted by molar-refractivity contribution is 5.50. The molecule has 3 aromatic rings. The molecule has 0 amide bonds. The molecule has 136 valence electrons. The van der Waals surface area contributed by atoms with Crippen LogP contribution in [-0.2, 0) is 16.9 Å². The maximum absolute atomic E-state index is 12.5. The Morgan fingerprint density at radius 2 is 2.15 bits per heavy atom. The Bertz CT molecular complexity index is 889. The molecular weight excluding hydrogens is 350 g/mol. The summed E-state index contributed by atoms with van der Waals surface area (Å²) in [5.41, 5.74) is 0.450. The van der Waals surface area contributed by atoms with Crippen LogP contribution in [0.1, 0.15) is 30.1 Å². The zero-order valence-corrected chi connectivity index (χ0v) is 13.4. The number of rotatable bonds is 5. The zero-order valence-electron chi connectivity index (χ0n) is 13.4. The standard InChI is InChI=1S/C15H14F2N6O3/c16-12(17)14-21-20-13(26-14)9-1-2-10(18-5-9)6-23-7-11(19-22-23)15(24)3-4-25-8-15/h1-2,5,7,12,24H,3-4,6,8H2. The Kier molecular flexibility index (Phi) is 4.17. The minimum atomic E-state index is -2.81. The van der Waals surface area contributed by atoms with E-state index in [2.05, 4.69) is 25.5 Å². The zero-order chi connectivity index (χ0) is 18.1. The first-order valence-corrected chi connectivity index (χ1v) is 7.81. The van der Waals surface area contributed by atoms with Crippen LogP contribution in [0.15, 0.2) is 28.9 Å². The van der Waals surface area contributed by atoms with Crippen molar-refractivity contribution in [2.75, 3.05) is 13.2 Å². The molecule has 1 atom stereocenters. The number of pyridine rings is 1. The summed E-state index contributed by atoms with van der Waals surface area (Å²) in [5, 5.41) is 25.3. The average Bonchev–Trinajstić information content (AvgIpc) is 3.36. The van der Waals surface area contributed by atoms with Crippen LogP contribution < -0.4 is 0 Å². The van der Waals surface area contributed by atoms with E-state index in [1.165, 1.54) is 6.20 Å². The second-order valence-electron chi connectivity index (χ2n) is 5.92. The highest BCUT2D eigenvalue weighted by atomic mass is 19.3. The molecule has 0 radical (unpaired) electrons. The van der Waals surface area contributed by atoms with Crippen LogP contribution in [0.4, 0.5) is 8.78 Å². The van der Waals surface area contributed by atoms with Gasteiger partial charge in [-0.15, -0.1) is 15.3 Å². The van der Waals surface area contributed by atoms with E-state index in [1.807, 2.05) is 0 Å². The second-order valence-corrected chi connectivity index (χ2v) is 5.92. The van der Waals surface area contributed by atoms with Crippen molar-refractivity contribution in [3.63, 3.8) is 0 Å². The first kappa shape index (κ1) is 16.7. The number of nitrogens with zero attached hydrogens (tertiary/aromatic N) is 6. The van der Waals surface area contributed by atoms with Crippen molar-refractivity contribution in [3.05, 3.63) is 41.8 Å². The van der Waals surface area contributed by atoms with Crippen LogP contribution in [0.25, 0.3) is 11.5 Å². The fourth-order valence-corrected chi connectivity index (χ4v) is 2.60. The van der Waals surface area contributed by atoms with E-state index in [0.29, 0.717) is 36.5 Å². The van der Waals surface area contributed by atoms with Crippen molar-refractivity contribution in [1.29, 1.82) is 0 Å². The molecule has 1 aliphatic heterocycles. The second kappa shape index (κ2) is 6.50. The Hall–Kier alpha value is -2.79. The van der Waals surface area contributed by atoms with E-state index in [-0.39, 0.29) is 12.5 Å².